The highest BCUT2D eigenvalue weighted by Crippen LogP contribution is 2.23. The molecular formula is C13H19N3O3. The van der Waals surface area contributed by atoms with Gasteiger partial charge in [-0.3, -0.25) is 4.79 Å². The van der Waals surface area contributed by atoms with E-state index in [4.69, 9.17) is 9.84 Å². The second-order valence-electron chi connectivity index (χ2n) is 5.50. The van der Waals surface area contributed by atoms with E-state index in [0.717, 1.165) is 44.1 Å². The summed E-state index contributed by atoms with van der Waals surface area (Å²) in [5, 5.41) is 17.6. The highest BCUT2D eigenvalue weighted by atomic mass is 16.5. The molecule has 0 spiro atoms. The number of ether oxygens (including phenoxy) is 1. The van der Waals surface area contributed by atoms with Gasteiger partial charge in [-0.15, -0.1) is 10.2 Å². The predicted molar refractivity (Wildman–Crippen MR) is 66.7 cm³/mol. The van der Waals surface area contributed by atoms with Gasteiger partial charge in [-0.1, -0.05) is 0 Å². The first-order valence-corrected chi connectivity index (χ1v) is 6.95. The van der Waals surface area contributed by atoms with E-state index in [2.05, 4.69) is 10.2 Å². The maximum atomic E-state index is 11.1. The van der Waals surface area contributed by atoms with Gasteiger partial charge in [-0.2, -0.15) is 0 Å². The minimum atomic E-state index is -0.716. The number of hydrogen-bond acceptors (Lipinski definition) is 4. The van der Waals surface area contributed by atoms with Crippen LogP contribution in [0.2, 0.25) is 0 Å². The zero-order chi connectivity index (χ0) is 13.2. The Labute approximate surface area is 111 Å². The molecule has 3 heterocycles. The Morgan fingerprint density at radius 1 is 1.42 bits per heavy atom. The molecule has 1 fully saturated rings. The van der Waals surface area contributed by atoms with Crippen LogP contribution in [0, 0.1) is 11.8 Å². The van der Waals surface area contributed by atoms with Crippen molar-refractivity contribution < 1.29 is 14.6 Å². The molecule has 0 bridgehead atoms. The number of hydrogen-bond donors (Lipinski definition) is 1. The molecule has 2 atom stereocenters. The number of aryl methyl sites for hydroxylation is 1. The first-order chi connectivity index (χ1) is 9.24. The smallest absolute Gasteiger partial charge is 0.308 e. The highest BCUT2D eigenvalue weighted by Gasteiger charge is 2.28. The van der Waals surface area contributed by atoms with Crippen molar-refractivity contribution >= 4 is 5.97 Å². The Bertz CT molecular complexity index is 466. The molecule has 2 aliphatic heterocycles. The maximum absolute atomic E-state index is 11.1. The molecule has 0 saturated carbocycles. The zero-order valence-corrected chi connectivity index (χ0v) is 10.9. The largest absolute Gasteiger partial charge is 0.481 e. The molecule has 19 heavy (non-hydrogen) atoms. The summed E-state index contributed by atoms with van der Waals surface area (Å²) in [6, 6.07) is 0. The molecule has 1 saturated heterocycles. The number of fused-ring (bicyclic) bond motifs is 1. The van der Waals surface area contributed by atoms with Crippen LogP contribution >= 0.6 is 0 Å². The molecule has 0 aliphatic carbocycles. The number of carbonyl (C=O) groups is 1. The number of carboxylic acids is 1. The summed E-state index contributed by atoms with van der Waals surface area (Å²) >= 11 is 0. The van der Waals surface area contributed by atoms with Gasteiger partial charge < -0.3 is 14.4 Å². The highest BCUT2D eigenvalue weighted by molar-refractivity contribution is 5.70. The van der Waals surface area contributed by atoms with E-state index in [-0.39, 0.29) is 5.92 Å². The summed E-state index contributed by atoms with van der Waals surface area (Å²) in [5.74, 6) is 1.34. The molecule has 1 aromatic heterocycles. The van der Waals surface area contributed by atoms with E-state index in [1.165, 1.54) is 0 Å². The number of aromatic nitrogens is 3. The Kier molecular flexibility index (Phi) is 3.50. The quantitative estimate of drug-likeness (QED) is 0.878. The van der Waals surface area contributed by atoms with Crippen LogP contribution in [0.5, 0.6) is 0 Å². The van der Waals surface area contributed by atoms with Gasteiger partial charge in [0.1, 0.15) is 11.6 Å². The van der Waals surface area contributed by atoms with Crippen LogP contribution in [0.4, 0.5) is 0 Å². The van der Waals surface area contributed by atoms with Crippen molar-refractivity contribution in [1.29, 1.82) is 0 Å². The number of rotatable bonds is 3. The van der Waals surface area contributed by atoms with Crippen molar-refractivity contribution in [2.24, 2.45) is 11.8 Å². The molecule has 2 unspecified atom stereocenters. The summed E-state index contributed by atoms with van der Waals surface area (Å²) in [6.45, 7) is 2.15. The summed E-state index contributed by atoms with van der Waals surface area (Å²) in [7, 11) is 0. The lowest BCUT2D eigenvalue weighted by atomic mass is 9.96. The van der Waals surface area contributed by atoms with E-state index in [1.54, 1.807) is 0 Å². The van der Waals surface area contributed by atoms with Crippen LogP contribution in [0.15, 0.2) is 0 Å². The fourth-order valence-electron chi connectivity index (χ4n) is 2.96. The third kappa shape index (κ3) is 2.63. The SMILES string of the molecule is O=C(O)C1CCc2nnc(CC3CCCOC3)n2C1. The monoisotopic (exact) mass is 265 g/mol. The molecule has 0 aromatic carbocycles. The van der Waals surface area contributed by atoms with Crippen molar-refractivity contribution in [3.8, 4) is 0 Å². The van der Waals surface area contributed by atoms with Gasteiger partial charge in [0.05, 0.1) is 5.92 Å². The third-order valence-corrected chi connectivity index (χ3v) is 4.10. The third-order valence-electron chi connectivity index (χ3n) is 4.10. The standard InChI is InChI=1S/C13H19N3O3/c17-13(18)10-3-4-11-14-15-12(16(11)7-10)6-9-2-1-5-19-8-9/h9-10H,1-8H2,(H,17,18). The van der Waals surface area contributed by atoms with E-state index < -0.39 is 5.97 Å². The van der Waals surface area contributed by atoms with E-state index in [9.17, 15) is 4.79 Å². The van der Waals surface area contributed by atoms with Crippen LogP contribution < -0.4 is 0 Å². The van der Waals surface area contributed by atoms with Crippen molar-refractivity contribution in [3.63, 3.8) is 0 Å². The van der Waals surface area contributed by atoms with Gasteiger partial charge in [0.2, 0.25) is 0 Å². The minimum Gasteiger partial charge on any atom is -0.481 e. The van der Waals surface area contributed by atoms with Crippen molar-refractivity contribution in [3.05, 3.63) is 11.6 Å². The topological polar surface area (TPSA) is 77.2 Å². The average molecular weight is 265 g/mol. The van der Waals surface area contributed by atoms with Gasteiger partial charge in [0, 0.05) is 32.6 Å². The Morgan fingerprint density at radius 3 is 3.05 bits per heavy atom. The summed E-state index contributed by atoms with van der Waals surface area (Å²) < 4.78 is 7.49. The molecule has 3 rings (SSSR count). The fraction of sp³-hybridized carbons (Fsp3) is 0.769. The van der Waals surface area contributed by atoms with Gasteiger partial charge in [-0.25, -0.2) is 0 Å². The molecule has 1 N–H and O–H groups in total. The second-order valence-corrected chi connectivity index (χ2v) is 5.50. The van der Waals surface area contributed by atoms with E-state index >= 15 is 0 Å². The molecule has 0 radical (unpaired) electrons. The molecule has 104 valence electrons. The molecule has 1 aromatic rings. The number of aliphatic carboxylic acids is 1. The maximum Gasteiger partial charge on any atom is 0.308 e. The number of carboxylic acid groups (broad SMARTS) is 1. The molecule has 0 amide bonds. The van der Waals surface area contributed by atoms with Crippen LogP contribution in [-0.4, -0.2) is 39.1 Å². The number of nitrogens with zero attached hydrogens (tertiary/aromatic N) is 3. The lowest BCUT2D eigenvalue weighted by Crippen LogP contribution is -2.28. The van der Waals surface area contributed by atoms with E-state index in [0.29, 0.717) is 25.3 Å². The van der Waals surface area contributed by atoms with Crippen LogP contribution in [0.1, 0.15) is 30.9 Å². The Balaban J connectivity index is 1.73. The van der Waals surface area contributed by atoms with Crippen LogP contribution in [0.25, 0.3) is 0 Å². The summed E-state index contributed by atoms with van der Waals surface area (Å²) in [4.78, 5) is 11.1. The van der Waals surface area contributed by atoms with Gasteiger partial charge in [-0.05, 0) is 25.2 Å². The first-order valence-electron chi connectivity index (χ1n) is 6.95. The van der Waals surface area contributed by atoms with Gasteiger partial charge in [0.15, 0.2) is 0 Å². The normalized spacial score (nSPS) is 26.9. The molecule has 6 heteroatoms. The van der Waals surface area contributed by atoms with Crippen LogP contribution in [0.3, 0.4) is 0 Å². The molecular weight excluding hydrogens is 246 g/mol. The van der Waals surface area contributed by atoms with E-state index in [1.807, 2.05) is 4.57 Å². The van der Waals surface area contributed by atoms with Crippen molar-refractivity contribution in [2.45, 2.75) is 38.6 Å². The summed E-state index contributed by atoms with van der Waals surface area (Å²) in [6.07, 6.45) is 4.48. The predicted octanol–water partition coefficient (Wildman–Crippen LogP) is 0.894. The minimum absolute atomic E-state index is 0.301. The van der Waals surface area contributed by atoms with Crippen LogP contribution in [-0.2, 0) is 28.9 Å². The van der Waals surface area contributed by atoms with Crippen molar-refractivity contribution in [2.75, 3.05) is 13.2 Å². The Hall–Kier alpha value is -1.43. The average Bonchev–Trinajstić information content (AvgIpc) is 2.82. The molecule has 6 nitrogen and oxygen atoms in total. The van der Waals surface area contributed by atoms with Gasteiger partial charge in [0.25, 0.3) is 0 Å². The summed E-state index contributed by atoms with van der Waals surface area (Å²) in [5.41, 5.74) is 0. The first kappa shape index (κ1) is 12.6. The zero-order valence-electron chi connectivity index (χ0n) is 10.9. The second kappa shape index (κ2) is 5.28. The fourth-order valence-corrected chi connectivity index (χ4v) is 2.96. The lowest BCUT2D eigenvalue weighted by molar-refractivity contribution is -0.142. The Morgan fingerprint density at radius 2 is 2.32 bits per heavy atom. The van der Waals surface area contributed by atoms with Crippen molar-refractivity contribution in [1.82, 2.24) is 14.8 Å². The van der Waals surface area contributed by atoms with Gasteiger partial charge >= 0.3 is 5.97 Å². The molecule has 2 aliphatic rings. The lowest BCUT2D eigenvalue weighted by Gasteiger charge is -2.24.